The van der Waals surface area contributed by atoms with Crippen LogP contribution in [0.25, 0.3) is 0 Å². The van der Waals surface area contributed by atoms with Gasteiger partial charge in [0.1, 0.15) is 18.1 Å². The number of amides is 1. The molecule has 0 radical (unpaired) electrons. The first-order valence-electron chi connectivity index (χ1n) is 8.70. The molecule has 0 saturated heterocycles. The molecule has 0 fully saturated rings. The van der Waals surface area contributed by atoms with Crippen molar-refractivity contribution in [2.75, 3.05) is 7.11 Å². The van der Waals surface area contributed by atoms with Crippen LogP contribution in [-0.4, -0.2) is 19.2 Å². The Hall–Kier alpha value is -2.83. The topological polar surface area (TPSA) is 59.9 Å². The number of nitrogens with one attached hydrogen (secondary N) is 1. The Bertz CT molecular complexity index is 1040. The highest BCUT2D eigenvalue weighted by Crippen LogP contribution is 2.25. The van der Waals surface area contributed by atoms with Gasteiger partial charge in [-0.15, -0.1) is 0 Å². The van der Waals surface area contributed by atoms with Gasteiger partial charge in [-0.05, 0) is 57.9 Å². The number of hydrogen-bond acceptors (Lipinski definition) is 4. The number of carbonyl (C=O) groups excluding carboxylic acids is 1. The van der Waals surface area contributed by atoms with Gasteiger partial charge in [0.25, 0.3) is 5.91 Å². The molecule has 5 nitrogen and oxygen atoms in total. The molecule has 3 aromatic carbocycles. The van der Waals surface area contributed by atoms with Crippen molar-refractivity contribution in [1.29, 1.82) is 0 Å². The SMILES string of the molecule is COc1ccc(/C=N/NC(=O)c2ccccc2OCc2ccccc2Cl)cc1Br. The molecule has 1 amide bonds. The Balaban J connectivity index is 1.66. The third-order valence-corrected chi connectivity index (χ3v) is 5.02. The second kappa shape index (κ2) is 10.1. The number of hydrogen-bond donors (Lipinski definition) is 1. The molecule has 0 aliphatic rings. The van der Waals surface area contributed by atoms with Crippen LogP contribution in [0.1, 0.15) is 21.5 Å². The zero-order valence-electron chi connectivity index (χ0n) is 15.6. The minimum absolute atomic E-state index is 0.257. The molecule has 0 bridgehead atoms. The van der Waals surface area contributed by atoms with Crippen molar-refractivity contribution in [2.45, 2.75) is 6.61 Å². The fourth-order valence-corrected chi connectivity index (χ4v) is 3.29. The Morgan fingerprint density at radius 2 is 1.86 bits per heavy atom. The van der Waals surface area contributed by atoms with Gasteiger partial charge in [0.15, 0.2) is 0 Å². The zero-order chi connectivity index (χ0) is 20.6. The van der Waals surface area contributed by atoms with Gasteiger partial charge >= 0.3 is 0 Å². The summed E-state index contributed by atoms with van der Waals surface area (Å²) in [5, 5.41) is 4.64. The van der Waals surface area contributed by atoms with Crippen LogP contribution in [0, 0.1) is 0 Å². The maximum Gasteiger partial charge on any atom is 0.275 e. The number of methoxy groups -OCH3 is 1. The Morgan fingerprint density at radius 3 is 2.62 bits per heavy atom. The highest BCUT2D eigenvalue weighted by atomic mass is 79.9. The van der Waals surface area contributed by atoms with Crippen molar-refractivity contribution in [3.8, 4) is 11.5 Å². The van der Waals surface area contributed by atoms with E-state index >= 15 is 0 Å². The molecule has 0 aromatic heterocycles. The first-order chi connectivity index (χ1) is 14.1. The Morgan fingerprint density at radius 1 is 1.10 bits per heavy atom. The second-order valence-electron chi connectivity index (χ2n) is 5.97. The quantitative estimate of drug-likeness (QED) is 0.366. The molecule has 0 saturated carbocycles. The molecule has 0 spiro atoms. The average Bonchev–Trinajstić information content (AvgIpc) is 2.73. The molecule has 1 N–H and O–H groups in total. The minimum Gasteiger partial charge on any atom is -0.496 e. The molecule has 0 unspecified atom stereocenters. The van der Waals surface area contributed by atoms with Gasteiger partial charge in [-0.1, -0.05) is 41.9 Å². The van der Waals surface area contributed by atoms with E-state index < -0.39 is 0 Å². The molecule has 0 aliphatic heterocycles. The van der Waals surface area contributed by atoms with Gasteiger partial charge in [-0.25, -0.2) is 5.43 Å². The third kappa shape index (κ3) is 5.59. The number of hydrazone groups is 1. The van der Waals surface area contributed by atoms with Crippen LogP contribution < -0.4 is 14.9 Å². The number of halogens is 2. The summed E-state index contributed by atoms with van der Waals surface area (Å²) < 4.78 is 11.8. The number of rotatable bonds is 7. The minimum atomic E-state index is -0.372. The smallest absolute Gasteiger partial charge is 0.275 e. The molecule has 3 rings (SSSR count). The Kier molecular flexibility index (Phi) is 7.27. The number of para-hydroxylation sites is 1. The molecule has 0 aliphatic carbocycles. The number of benzene rings is 3. The molecule has 0 atom stereocenters. The predicted octanol–water partition coefficient (Wildman–Crippen LogP) is 5.45. The standard InChI is InChI=1S/C22H18BrClN2O3/c1-28-21-11-10-15(12-18(21)23)13-25-26-22(27)17-7-3-5-9-20(17)29-14-16-6-2-4-8-19(16)24/h2-13H,14H2,1H3,(H,26,27)/b25-13+. The van der Waals surface area contributed by atoms with Crippen molar-refractivity contribution < 1.29 is 14.3 Å². The van der Waals surface area contributed by atoms with Gasteiger partial charge < -0.3 is 9.47 Å². The van der Waals surface area contributed by atoms with Crippen molar-refractivity contribution in [1.82, 2.24) is 5.43 Å². The molecule has 0 heterocycles. The van der Waals surface area contributed by atoms with Crippen molar-refractivity contribution in [3.63, 3.8) is 0 Å². The normalized spacial score (nSPS) is 10.7. The summed E-state index contributed by atoms with van der Waals surface area (Å²) >= 11 is 9.58. The lowest BCUT2D eigenvalue weighted by Gasteiger charge is -2.11. The van der Waals surface area contributed by atoms with Crippen molar-refractivity contribution in [3.05, 3.63) is 92.9 Å². The highest BCUT2D eigenvalue weighted by molar-refractivity contribution is 9.10. The third-order valence-electron chi connectivity index (χ3n) is 4.03. The van der Waals surface area contributed by atoms with E-state index in [0.29, 0.717) is 16.3 Å². The monoisotopic (exact) mass is 472 g/mol. The van der Waals surface area contributed by atoms with E-state index in [9.17, 15) is 4.79 Å². The van der Waals surface area contributed by atoms with E-state index in [1.807, 2.05) is 36.4 Å². The summed E-state index contributed by atoms with van der Waals surface area (Å²) in [7, 11) is 1.60. The van der Waals surface area contributed by atoms with Crippen molar-refractivity contribution in [2.24, 2.45) is 5.10 Å². The zero-order valence-corrected chi connectivity index (χ0v) is 17.9. The molecular weight excluding hydrogens is 456 g/mol. The van der Waals surface area contributed by atoms with Crippen LogP contribution in [0.2, 0.25) is 5.02 Å². The maximum atomic E-state index is 12.5. The van der Waals surface area contributed by atoms with E-state index in [0.717, 1.165) is 21.3 Å². The first-order valence-corrected chi connectivity index (χ1v) is 9.87. The Labute approximate surface area is 182 Å². The van der Waals surface area contributed by atoms with E-state index in [4.69, 9.17) is 21.1 Å². The highest BCUT2D eigenvalue weighted by Gasteiger charge is 2.12. The summed E-state index contributed by atoms with van der Waals surface area (Å²) in [5.74, 6) is 0.798. The van der Waals surface area contributed by atoms with Crippen LogP contribution in [0.4, 0.5) is 0 Å². The summed E-state index contributed by atoms with van der Waals surface area (Å²) in [6.07, 6.45) is 1.55. The van der Waals surface area contributed by atoms with E-state index in [1.54, 1.807) is 43.7 Å². The number of ether oxygens (including phenoxy) is 2. The largest absolute Gasteiger partial charge is 0.496 e. The van der Waals surface area contributed by atoms with Crippen molar-refractivity contribution >= 4 is 39.7 Å². The van der Waals surface area contributed by atoms with Gasteiger partial charge in [-0.3, -0.25) is 4.79 Å². The van der Waals surface area contributed by atoms with Crippen LogP contribution in [0.5, 0.6) is 11.5 Å². The fraction of sp³-hybridized carbons (Fsp3) is 0.0909. The van der Waals surface area contributed by atoms with Gasteiger partial charge in [0.2, 0.25) is 0 Å². The van der Waals surface area contributed by atoms with Crippen LogP contribution in [0.15, 0.2) is 76.3 Å². The lowest BCUT2D eigenvalue weighted by molar-refractivity contribution is 0.0950. The summed E-state index contributed by atoms with van der Waals surface area (Å²) in [6.45, 7) is 0.257. The number of carbonyl (C=O) groups is 1. The van der Waals surface area contributed by atoms with E-state index in [-0.39, 0.29) is 12.5 Å². The van der Waals surface area contributed by atoms with Gasteiger partial charge in [0, 0.05) is 10.6 Å². The maximum absolute atomic E-state index is 12.5. The predicted molar refractivity (Wildman–Crippen MR) is 118 cm³/mol. The molecule has 3 aromatic rings. The molecule has 7 heteroatoms. The summed E-state index contributed by atoms with van der Waals surface area (Å²) in [5.41, 5.74) is 4.55. The van der Waals surface area contributed by atoms with Crippen LogP contribution >= 0.6 is 27.5 Å². The number of nitrogens with zero attached hydrogens (tertiary/aromatic N) is 1. The fourth-order valence-electron chi connectivity index (χ4n) is 2.54. The lowest BCUT2D eigenvalue weighted by Crippen LogP contribution is -2.18. The van der Waals surface area contributed by atoms with E-state index in [2.05, 4.69) is 26.5 Å². The lowest BCUT2D eigenvalue weighted by atomic mass is 10.2. The van der Waals surface area contributed by atoms with E-state index in [1.165, 1.54) is 0 Å². The van der Waals surface area contributed by atoms with Crippen LogP contribution in [0.3, 0.4) is 0 Å². The molecule has 29 heavy (non-hydrogen) atoms. The molecular formula is C22H18BrClN2O3. The summed E-state index contributed by atoms with van der Waals surface area (Å²) in [6, 6.07) is 19.9. The van der Waals surface area contributed by atoms with Gasteiger partial charge in [0.05, 0.1) is 23.4 Å². The van der Waals surface area contributed by atoms with Crippen LogP contribution in [-0.2, 0) is 6.61 Å². The first kappa shape index (κ1) is 20.9. The average molecular weight is 474 g/mol. The summed E-state index contributed by atoms with van der Waals surface area (Å²) in [4.78, 5) is 12.5. The second-order valence-corrected chi connectivity index (χ2v) is 7.23. The van der Waals surface area contributed by atoms with Gasteiger partial charge in [-0.2, -0.15) is 5.10 Å². The molecule has 148 valence electrons.